The van der Waals surface area contributed by atoms with Gasteiger partial charge in [0.1, 0.15) is 11.5 Å². The molecule has 0 N–H and O–H groups in total. The largest absolute Gasteiger partial charge is 0.456 e. The summed E-state index contributed by atoms with van der Waals surface area (Å²) < 4.78 is 11.4. The predicted octanol–water partition coefficient (Wildman–Crippen LogP) is 8.05. The molecule has 0 aliphatic carbocycles. The van der Waals surface area contributed by atoms with Crippen LogP contribution in [-0.2, 0) is 0 Å². The first kappa shape index (κ1) is 16.5. The topological polar surface area (TPSA) is 9.23 Å². The van der Waals surface area contributed by atoms with E-state index in [1.165, 1.54) is 0 Å². The predicted molar refractivity (Wildman–Crippen MR) is 99.2 cm³/mol. The van der Waals surface area contributed by atoms with Gasteiger partial charge in [-0.25, -0.2) is 0 Å². The molecular weight excluding hydrogens is 640 g/mol. The van der Waals surface area contributed by atoms with E-state index in [-0.39, 0.29) is 0 Å². The maximum atomic E-state index is 5.90. The molecule has 0 fully saturated rings. The zero-order chi connectivity index (χ0) is 14.2. The number of halogens is 6. The van der Waals surface area contributed by atoms with Crippen molar-refractivity contribution in [3.05, 3.63) is 51.1 Å². The number of rotatable bonds is 2. The summed E-state index contributed by atoms with van der Waals surface area (Å²) in [6, 6.07) is 7.66. The van der Waals surface area contributed by atoms with Crippen molar-refractivity contribution in [2.45, 2.75) is 0 Å². The monoisotopic (exact) mass is 638 g/mol. The van der Waals surface area contributed by atoms with Crippen molar-refractivity contribution in [2.24, 2.45) is 0 Å². The molecule has 2 aromatic rings. The molecule has 0 heterocycles. The summed E-state index contributed by atoms with van der Waals surface area (Å²) in [4.78, 5) is 0. The molecule has 2 aromatic carbocycles. The van der Waals surface area contributed by atoms with E-state index in [1.54, 1.807) is 0 Å². The minimum absolute atomic E-state index is 0.715. The summed E-state index contributed by atoms with van der Waals surface area (Å²) >= 11 is 20.8. The maximum absolute atomic E-state index is 5.90. The van der Waals surface area contributed by atoms with Gasteiger partial charge >= 0.3 is 0 Å². The lowest BCUT2D eigenvalue weighted by Crippen LogP contribution is -1.88. The standard InChI is InChI=1S/C12H4Br6O/c13-5-1-6(14)3-7(2-5)19-9-4-8(15)10(16)12(18)11(9)17/h1-4H. The highest BCUT2D eigenvalue weighted by molar-refractivity contribution is 9.15. The first-order chi connectivity index (χ1) is 8.88. The average molecular weight is 644 g/mol. The molecule has 0 atom stereocenters. The first-order valence-corrected chi connectivity index (χ1v) is 9.61. The molecule has 0 saturated heterocycles. The molecule has 7 heteroatoms. The maximum Gasteiger partial charge on any atom is 0.143 e. The van der Waals surface area contributed by atoms with Crippen LogP contribution in [0.15, 0.2) is 51.1 Å². The van der Waals surface area contributed by atoms with Gasteiger partial charge in [0, 0.05) is 17.9 Å². The van der Waals surface area contributed by atoms with E-state index in [2.05, 4.69) is 95.6 Å². The van der Waals surface area contributed by atoms with Gasteiger partial charge in [0.2, 0.25) is 0 Å². The van der Waals surface area contributed by atoms with E-state index in [1.807, 2.05) is 24.3 Å². The molecular formula is C12H4Br6O. The van der Waals surface area contributed by atoms with Crippen LogP contribution in [0.3, 0.4) is 0 Å². The normalized spacial score (nSPS) is 10.6. The smallest absolute Gasteiger partial charge is 0.143 e. The zero-order valence-electron chi connectivity index (χ0n) is 8.99. The van der Waals surface area contributed by atoms with Crippen molar-refractivity contribution in [1.29, 1.82) is 0 Å². The van der Waals surface area contributed by atoms with Crippen molar-refractivity contribution in [3.63, 3.8) is 0 Å². The van der Waals surface area contributed by atoms with Crippen LogP contribution in [0.2, 0.25) is 0 Å². The Hall–Kier alpha value is 1.12. The van der Waals surface area contributed by atoms with E-state index >= 15 is 0 Å². The van der Waals surface area contributed by atoms with E-state index in [0.717, 1.165) is 32.6 Å². The van der Waals surface area contributed by atoms with Crippen molar-refractivity contribution in [2.75, 3.05) is 0 Å². The van der Waals surface area contributed by atoms with Gasteiger partial charge in [-0.05, 0) is 88.0 Å². The molecule has 0 bridgehead atoms. The molecule has 2 rings (SSSR count). The van der Waals surface area contributed by atoms with Crippen molar-refractivity contribution >= 4 is 95.6 Å². The summed E-state index contributed by atoms with van der Waals surface area (Å²) in [5.41, 5.74) is 0. The Morgan fingerprint density at radius 3 is 1.79 bits per heavy atom. The third-order valence-electron chi connectivity index (χ3n) is 2.13. The molecule has 0 spiro atoms. The Morgan fingerprint density at radius 1 is 0.632 bits per heavy atom. The van der Waals surface area contributed by atoms with Crippen LogP contribution in [0.1, 0.15) is 0 Å². The Labute approximate surface area is 161 Å². The summed E-state index contributed by atoms with van der Waals surface area (Å²) in [5, 5.41) is 0. The lowest BCUT2D eigenvalue weighted by Gasteiger charge is -2.12. The number of hydrogen-bond donors (Lipinski definition) is 0. The van der Waals surface area contributed by atoms with E-state index in [0.29, 0.717) is 5.75 Å². The fourth-order valence-electron chi connectivity index (χ4n) is 1.34. The molecule has 19 heavy (non-hydrogen) atoms. The number of ether oxygens (including phenoxy) is 1. The van der Waals surface area contributed by atoms with Gasteiger partial charge < -0.3 is 4.74 Å². The van der Waals surface area contributed by atoms with Crippen molar-refractivity contribution in [1.82, 2.24) is 0 Å². The highest BCUT2D eigenvalue weighted by Gasteiger charge is 2.13. The van der Waals surface area contributed by atoms with E-state index < -0.39 is 0 Å². The lowest BCUT2D eigenvalue weighted by molar-refractivity contribution is 0.478. The minimum atomic E-state index is 0.715. The van der Waals surface area contributed by atoms with Crippen LogP contribution in [0.25, 0.3) is 0 Å². The van der Waals surface area contributed by atoms with Gasteiger partial charge in [-0.3, -0.25) is 0 Å². The molecule has 0 saturated carbocycles. The zero-order valence-corrected chi connectivity index (χ0v) is 18.5. The molecule has 0 amide bonds. The second-order valence-corrected chi connectivity index (χ2v) is 8.57. The van der Waals surface area contributed by atoms with Gasteiger partial charge in [-0.1, -0.05) is 31.9 Å². The van der Waals surface area contributed by atoms with Crippen LogP contribution < -0.4 is 4.74 Å². The van der Waals surface area contributed by atoms with Crippen LogP contribution in [0.4, 0.5) is 0 Å². The summed E-state index contributed by atoms with van der Waals surface area (Å²) in [5.74, 6) is 1.45. The van der Waals surface area contributed by atoms with Gasteiger partial charge in [-0.2, -0.15) is 0 Å². The van der Waals surface area contributed by atoms with Crippen LogP contribution in [-0.4, -0.2) is 0 Å². The molecule has 100 valence electrons. The molecule has 0 aliphatic heterocycles. The third-order valence-corrected chi connectivity index (χ3v) is 7.67. The molecule has 0 aliphatic rings. The second kappa shape index (κ2) is 6.92. The summed E-state index contributed by atoms with van der Waals surface area (Å²) in [6.45, 7) is 0. The van der Waals surface area contributed by atoms with Crippen molar-refractivity contribution in [3.8, 4) is 11.5 Å². The highest BCUT2D eigenvalue weighted by Crippen LogP contribution is 2.44. The Morgan fingerprint density at radius 2 is 1.21 bits per heavy atom. The highest BCUT2D eigenvalue weighted by atomic mass is 79.9. The van der Waals surface area contributed by atoms with E-state index in [4.69, 9.17) is 4.74 Å². The minimum Gasteiger partial charge on any atom is -0.456 e. The van der Waals surface area contributed by atoms with Gasteiger partial charge in [0.15, 0.2) is 0 Å². The fourth-order valence-corrected chi connectivity index (χ4v) is 4.65. The van der Waals surface area contributed by atoms with E-state index in [9.17, 15) is 0 Å². The van der Waals surface area contributed by atoms with Crippen LogP contribution in [0.5, 0.6) is 11.5 Å². The molecule has 0 aromatic heterocycles. The molecule has 1 nitrogen and oxygen atoms in total. The second-order valence-electron chi connectivity index (χ2n) is 3.51. The summed E-state index contributed by atoms with van der Waals surface area (Å²) in [7, 11) is 0. The lowest BCUT2D eigenvalue weighted by atomic mass is 10.3. The van der Waals surface area contributed by atoms with Gasteiger partial charge in [0.05, 0.1) is 8.95 Å². The van der Waals surface area contributed by atoms with Gasteiger partial charge in [0.25, 0.3) is 0 Å². The number of hydrogen-bond acceptors (Lipinski definition) is 1. The Balaban J connectivity index is 2.44. The first-order valence-electron chi connectivity index (χ1n) is 4.85. The summed E-state index contributed by atoms with van der Waals surface area (Å²) in [6.07, 6.45) is 0. The average Bonchev–Trinajstić information content (AvgIpc) is 2.32. The third kappa shape index (κ3) is 4.07. The SMILES string of the molecule is Brc1cc(Br)cc(Oc2cc(Br)c(Br)c(Br)c2Br)c1. The molecule has 0 radical (unpaired) electrons. The Bertz CT molecular complexity index is 620. The van der Waals surface area contributed by atoms with Crippen molar-refractivity contribution < 1.29 is 4.74 Å². The fraction of sp³-hybridized carbons (Fsp3) is 0. The number of benzene rings is 2. The van der Waals surface area contributed by atoms with Gasteiger partial charge in [-0.15, -0.1) is 0 Å². The quantitative estimate of drug-likeness (QED) is 0.238. The van der Waals surface area contributed by atoms with Crippen LogP contribution >= 0.6 is 95.6 Å². The Kier molecular flexibility index (Phi) is 6.01. The van der Waals surface area contributed by atoms with Crippen LogP contribution in [0, 0.1) is 0 Å². The molecule has 0 unspecified atom stereocenters.